The van der Waals surface area contributed by atoms with Crippen LogP contribution in [0.25, 0.3) is 0 Å². The SMILES string of the molecule is Cc1cc(C)cc([C@@H]2CCCC[C@H]2OC(C)C)c1. The summed E-state index contributed by atoms with van der Waals surface area (Å²) in [6.45, 7) is 8.68. The highest BCUT2D eigenvalue weighted by atomic mass is 16.5. The first-order chi connectivity index (χ1) is 8.56. The van der Waals surface area contributed by atoms with Crippen molar-refractivity contribution in [1.29, 1.82) is 0 Å². The van der Waals surface area contributed by atoms with Crippen molar-refractivity contribution in [3.05, 3.63) is 34.9 Å². The minimum atomic E-state index is 0.335. The molecule has 1 saturated carbocycles. The first-order valence-electron chi connectivity index (χ1n) is 7.30. The van der Waals surface area contributed by atoms with Crippen LogP contribution >= 0.6 is 0 Å². The molecule has 100 valence electrons. The first kappa shape index (κ1) is 13.6. The van der Waals surface area contributed by atoms with Crippen molar-refractivity contribution in [3.63, 3.8) is 0 Å². The van der Waals surface area contributed by atoms with Crippen LogP contribution < -0.4 is 0 Å². The summed E-state index contributed by atoms with van der Waals surface area (Å²) in [5.74, 6) is 0.597. The third-order valence-corrected chi connectivity index (χ3v) is 3.82. The smallest absolute Gasteiger partial charge is 0.0647 e. The fourth-order valence-electron chi connectivity index (χ4n) is 3.21. The van der Waals surface area contributed by atoms with Crippen LogP contribution in [-0.2, 0) is 4.74 Å². The van der Waals surface area contributed by atoms with E-state index in [0.717, 1.165) is 0 Å². The van der Waals surface area contributed by atoms with Gasteiger partial charge in [-0.15, -0.1) is 0 Å². The van der Waals surface area contributed by atoms with E-state index in [9.17, 15) is 0 Å². The third kappa shape index (κ3) is 3.35. The number of hydrogen-bond donors (Lipinski definition) is 0. The van der Waals surface area contributed by atoms with Gasteiger partial charge < -0.3 is 4.74 Å². The lowest BCUT2D eigenvalue weighted by atomic mass is 9.80. The molecule has 1 aliphatic rings. The fraction of sp³-hybridized carbons (Fsp3) is 0.647. The van der Waals surface area contributed by atoms with Gasteiger partial charge in [0.1, 0.15) is 0 Å². The van der Waals surface area contributed by atoms with Crippen LogP contribution in [-0.4, -0.2) is 12.2 Å². The van der Waals surface area contributed by atoms with Gasteiger partial charge in [0.2, 0.25) is 0 Å². The average Bonchev–Trinajstić information content (AvgIpc) is 2.27. The molecule has 2 atom stereocenters. The molecule has 0 aromatic heterocycles. The molecule has 18 heavy (non-hydrogen) atoms. The summed E-state index contributed by atoms with van der Waals surface area (Å²) in [6, 6.07) is 6.95. The van der Waals surface area contributed by atoms with Gasteiger partial charge in [-0.1, -0.05) is 42.2 Å². The second kappa shape index (κ2) is 5.88. The van der Waals surface area contributed by atoms with E-state index in [0.29, 0.717) is 18.1 Å². The van der Waals surface area contributed by atoms with Crippen LogP contribution in [0.2, 0.25) is 0 Å². The van der Waals surface area contributed by atoms with Crippen LogP contribution in [0.15, 0.2) is 18.2 Å². The molecule has 0 aliphatic heterocycles. The van der Waals surface area contributed by atoms with E-state index in [4.69, 9.17) is 4.74 Å². The van der Waals surface area contributed by atoms with Crippen molar-refractivity contribution >= 4 is 0 Å². The van der Waals surface area contributed by atoms with Gasteiger partial charge in [-0.3, -0.25) is 0 Å². The molecule has 0 spiro atoms. The number of benzene rings is 1. The molecule has 0 unspecified atom stereocenters. The Morgan fingerprint density at radius 2 is 1.61 bits per heavy atom. The number of hydrogen-bond acceptors (Lipinski definition) is 1. The molecule has 0 bridgehead atoms. The van der Waals surface area contributed by atoms with E-state index in [-0.39, 0.29) is 0 Å². The fourth-order valence-corrected chi connectivity index (χ4v) is 3.21. The van der Waals surface area contributed by atoms with E-state index < -0.39 is 0 Å². The Bertz CT molecular complexity index is 374. The number of ether oxygens (including phenoxy) is 1. The van der Waals surface area contributed by atoms with E-state index in [1.54, 1.807) is 0 Å². The first-order valence-corrected chi connectivity index (χ1v) is 7.30. The Morgan fingerprint density at radius 1 is 1.00 bits per heavy atom. The molecule has 0 heterocycles. The molecule has 1 fully saturated rings. The highest BCUT2D eigenvalue weighted by Gasteiger charge is 2.28. The molecule has 1 aliphatic carbocycles. The Balaban J connectivity index is 2.21. The second-order valence-electron chi connectivity index (χ2n) is 6.04. The Morgan fingerprint density at radius 3 is 2.22 bits per heavy atom. The predicted molar refractivity (Wildman–Crippen MR) is 77.1 cm³/mol. The van der Waals surface area contributed by atoms with Crippen molar-refractivity contribution in [2.24, 2.45) is 0 Å². The van der Waals surface area contributed by atoms with Gasteiger partial charge in [0.25, 0.3) is 0 Å². The van der Waals surface area contributed by atoms with Gasteiger partial charge in [0, 0.05) is 5.92 Å². The maximum Gasteiger partial charge on any atom is 0.0647 e. The van der Waals surface area contributed by atoms with E-state index in [1.807, 2.05) is 0 Å². The Kier molecular flexibility index (Phi) is 4.45. The normalized spacial score (nSPS) is 24.5. The lowest BCUT2D eigenvalue weighted by Crippen LogP contribution is -2.28. The van der Waals surface area contributed by atoms with Crippen molar-refractivity contribution < 1.29 is 4.74 Å². The minimum Gasteiger partial charge on any atom is -0.375 e. The average molecular weight is 246 g/mol. The summed E-state index contributed by atoms with van der Waals surface area (Å²) in [5.41, 5.74) is 4.23. The molecular weight excluding hydrogens is 220 g/mol. The third-order valence-electron chi connectivity index (χ3n) is 3.82. The van der Waals surface area contributed by atoms with Crippen LogP contribution in [0.5, 0.6) is 0 Å². The van der Waals surface area contributed by atoms with Gasteiger partial charge in [-0.25, -0.2) is 0 Å². The van der Waals surface area contributed by atoms with Crippen LogP contribution in [0, 0.1) is 13.8 Å². The molecule has 2 rings (SSSR count). The zero-order valence-corrected chi connectivity index (χ0v) is 12.2. The molecular formula is C17H26O. The van der Waals surface area contributed by atoms with Gasteiger partial charge in [0.05, 0.1) is 12.2 Å². The zero-order valence-electron chi connectivity index (χ0n) is 12.2. The molecule has 1 heteroatoms. The number of aryl methyl sites for hydroxylation is 2. The molecule has 0 amide bonds. The van der Waals surface area contributed by atoms with E-state index in [2.05, 4.69) is 45.9 Å². The van der Waals surface area contributed by atoms with E-state index >= 15 is 0 Å². The Hall–Kier alpha value is -0.820. The van der Waals surface area contributed by atoms with Crippen molar-refractivity contribution in [2.75, 3.05) is 0 Å². The molecule has 0 saturated heterocycles. The van der Waals surface area contributed by atoms with Gasteiger partial charge >= 0.3 is 0 Å². The zero-order chi connectivity index (χ0) is 13.1. The summed E-state index contributed by atoms with van der Waals surface area (Å²) < 4.78 is 6.14. The maximum absolute atomic E-state index is 6.14. The molecule has 0 N–H and O–H groups in total. The van der Waals surface area contributed by atoms with Crippen LogP contribution in [0.1, 0.15) is 62.1 Å². The summed E-state index contributed by atoms with van der Waals surface area (Å²) in [6.07, 6.45) is 5.91. The quantitative estimate of drug-likeness (QED) is 0.747. The molecule has 0 radical (unpaired) electrons. The second-order valence-corrected chi connectivity index (χ2v) is 6.04. The van der Waals surface area contributed by atoms with Crippen molar-refractivity contribution in [2.45, 2.75) is 71.5 Å². The predicted octanol–water partition coefficient (Wildman–Crippen LogP) is 4.75. The summed E-state index contributed by atoms with van der Waals surface area (Å²) in [4.78, 5) is 0. The molecule has 1 aromatic carbocycles. The van der Waals surface area contributed by atoms with Crippen LogP contribution in [0.4, 0.5) is 0 Å². The topological polar surface area (TPSA) is 9.23 Å². The maximum atomic E-state index is 6.14. The number of rotatable bonds is 3. The highest BCUT2D eigenvalue weighted by molar-refractivity contribution is 5.32. The van der Waals surface area contributed by atoms with Gasteiger partial charge in [0.15, 0.2) is 0 Å². The Labute approximate surface area is 112 Å². The van der Waals surface area contributed by atoms with Crippen LogP contribution in [0.3, 0.4) is 0 Å². The van der Waals surface area contributed by atoms with Gasteiger partial charge in [-0.05, 0) is 46.1 Å². The standard InChI is InChI=1S/C17H26O/c1-12(2)18-17-8-6-5-7-16(17)15-10-13(3)9-14(4)11-15/h9-12,16-17H,5-8H2,1-4H3/t16-,17+/m0/s1. The lowest BCUT2D eigenvalue weighted by molar-refractivity contribution is -0.0247. The highest BCUT2D eigenvalue weighted by Crippen LogP contribution is 2.36. The largest absolute Gasteiger partial charge is 0.375 e. The summed E-state index contributed by atoms with van der Waals surface area (Å²) in [7, 11) is 0. The summed E-state index contributed by atoms with van der Waals surface area (Å²) >= 11 is 0. The molecule has 1 nitrogen and oxygen atoms in total. The van der Waals surface area contributed by atoms with Gasteiger partial charge in [-0.2, -0.15) is 0 Å². The van der Waals surface area contributed by atoms with E-state index in [1.165, 1.54) is 42.4 Å². The summed E-state index contributed by atoms with van der Waals surface area (Å²) in [5, 5.41) is 0. The molecule has 1 aromatic rings. The monoisotopic (exact) mass is 246 g/mol. The minimum absolute atomic E-state index is 0.335. The lowest BCUT2D eigenvalue weighted by Gasteiger charge is -2.33. The van der Waals surface area contributed by atoms with Crippen molar-refractivity contribution in [1.82, 2.24) is 0 Å². The van der Waals surface area contributed by atoms with Crippen molar-refractivity contribution in [3.8, 4) is 0 Å².